The first kappa shape index (κ1) is 15.7. The van der Waals surface area contributed by atoms with Crippen LogP contribution in [0.4, 0.5) is 0 Å². The van der Waals surface area contributed by atoms with Crippen LogP contribution >= 0.6 is 0 Å². The summed E-state index contributed by atoms with van der Waals surface area (Å²) in [5.74, 6) is 0.852. The molecular weight excluding hydrogens is 306 g/mol. The van der Waals surface area contributed by atoms with Crippen LogP contribution in [0.2, 0.25) is 0 Å². The maximum atomic E-state index is 6.26. The van der Waals surface area contributed by atoms with Crippen molar-refractivity contribution >= 4 is 0 Å². The molecule has 24 heavy (non-hydrogen) atoms. The van der Waals surface area contributed by atoms with E-state index >= 15 is 0 Å². The van der Waals surface area contributed by atoms with Crippen molar-refractivity contribution in [2.45, 2.75) is 51.2 Å². The van der Waals surface area contributed by atoms with Crippen molar-refractivity contribution in [2.75, 3.05) is 13.2 Å². The largest absolute Gasteiger partial charge is 0.374 e. The van der Waals surface area contributed by atoms with Gasteiger partial charge in [-0.1, -0.05) is 11.2 Å². The molecular formula is C18H23N3O3. The maximum Gasteiger partial charge on any atom is 0.133 e. The van der Waals surface area contributed by atoms with Gasteiger partial charge in [0.1, 0.15) is 5.76 Å². The van der Waals surface area contributed by atoms with Gasteiger partial charge < -0.3 is 14.0 Å². The van der Waals surface area contributed by atoms with Gasteiger partial charge in [0.15, 0.2) is 0 Å². The van der Waals surface area contributed by atoms with E-state index < -0.39 is 0 Å². The van der Waals surface area contributed by atoms with Gasteiger partial charge in [-0.05, 0) is 31.4 Å². The van der Waals surface area contributed by atoms with E-state index in [4.69, 9.17) is 14.0 Å². The Labute approximate surface area is 141 Å². The number of pyridine rings is 1. The lowest BCUT2D eigenvalue weighted by atomic mass is 10.1. The summed E-state index contributed by atoms with van der Waals surface area (Å²) in [5, 5.41) is 4.13. The zero-order valence-electron chi connectivity index (χ0n) is 13.9. The van der Waals surface area contributed by atoms with Crippen LogP contribution in [0.1, 0.15) is 29.9 Å². The highest BCUT2D eigenvalue weighted by atomic mass is 16.5. The summed E-state index contributed by atoms with van der Waals surface area (Å²) in [4.78, 5) is 6.58. The molecule has 1 saturated carbocycles. The second-order valence-corrected chi connectivity index (χ2v) is 6.59. The third kappa shape index (κ3) is 3.36. The van der Waals surface area contributed by atoms with Crippen molar-refractivity contribution < 1.29 is 14.0 Å². The molecule has 3 atom stereocenters. The number of hydrogen-bond donors (Lipinski definition) is 0. The molecule has 0 amide bonds. The normalized spacial score (nSPS) is 27.3. The van der Waals surface area contributed by atoms with Crippen LogP contribution in [0.5, 0.6) is 0 Å². The van der Waals surface area contributed by atoms with E-state index in [0.717, 1.165) is 49.6 Å². The van der Waals surface area contributed by atoms with E-state index in [0.29, 0.717) is 12.6 Å². The second-order valence-electron chi connectivity index (χ2n) is 6.59. The zero-order valence-corrected chi connectivity index (χ0v) is 13.9. The van der Waals surface area contributed by atoms with E-state index in [9.17, 15) is 0 Å². The van der Waals surface area contributed by atoms with Gasteiger partial charge in [-0.3, -0.25) is 9.88 Å². The smallest absolute Gasteiger partial charge is 0.133 e. The summed E-state index contributed by atoms with van der Waals surface area (Å²) < 4.78 is 17.5. The van der Waals surface area contributed by atoms with Crippen molar-refractivity contribution in [1.82, 2.24) is 15.0 Å². The third-order valence-electron chi connectivity index (χ3n) is 4.88. The molecule has 3 unspecified atom stereocenters. The molecule has 128 valence electrons. The number of fused-ring (bicyclic) bond motifs is 2. The summed E-state index contributed by atoms with van der Waals surface area (Å²) in [5.41, 5.74) is 2.07. The topological polar surface area (TPSA) is 60.6 Å². The molecule has 0 N–H and O–H groups in total. The van der Waals surface area contributed by atoms with Gasteiger partial charge in [0.2, 0.25) is 0 Å². The summed E-state index contributed by atoms with van der Waals surface area (Å²) in [6, 6.07) is 6.36. The van der Waals surface area contributed by atoms with Crippen molar-refractivity contribution in [3.63, 3.8) is 0 Å². The lowest BCUT2D eigenvalue weighted by Crippen LogP contribution is -2.42. The third-order valence-corrected chi connectivity index (χ3v) is 4.88. The molecule has 0 radical (unpaired) electrons. The highest BCUT2D eigenvalue weighted by molar-refractivity contribution is 5.08. The first-order chi connectivity index (χ1) is 11.8. The second kappa shape index (κ2) is 7.01. The van der Waals surface area contributed by atoms with Crippen LogP contribution in [-0.4, -0.2) is 46.4 Å². The highest BCUT2D eigenvalue weighted by Crippen LogP contribution is 2.33. The molecule has 1 saturated heterocycles. The fraction of sp³-hybridized carbons (Fsp3) is 0.556. The van der Waals surface area contributed by atoms with Crippen molar-refractivity contribution in [3.05, 3.63) is 47.6 Å². The van der Waals surface area contributed by atoms with Crippen molar-refractivity contribution in [2.24, 2.45) is 0 Å². The van der Waals surface area contributed by atoms with Gasteiger partial charge in [0.05, 0.1) is 31.1 Å². The first-order valence-corrected chi connectivity index (χ1v) is 8.58. The Morgan fingerprint density at radius 2 is 2.33 bits per heavy atom. The number of rotatable bonds is 5. The SMILES string of the molecule is Cc1cc(CN2CCOC3CCC2C3OCc2cccnc2)no1. The zero-order chi connectivity index (χ0) is 16.4. The summed E-state index contributed by atoms with van der Waals surface area (Å²) in [6.45, 7) is 4.93. The summed E-state index contributed by atoms with van der Waals surface area (Å²) >= 11 is 0. The molecule has 0 aromatic carbocycles. The molecule has 2 aromatic heterocycles. The maximum absolute atomic E-state index is 6.26. The molecule has 1 aliphatic heterocycles. The fourth-order valence-corrected chi connectivity index (χ4v) is 3.76. The number of ether oxygens (including phenoxy) is 2. The van der Waals surface area contributed by atoms with E-state index in [1.807, 2.05) is 31.3 Å². The standard InChI is InChI=1S/C18H23N3O3/c1-13-9-15(20-24-13)11-21-7-8-22-17-5-4-16(21)18(17)23-12-14-3-2-6-19-10-14/h2-3,6,9-10,16-18H,4-5,7-8,11-12H2,1H3. The van der Waals surface area contributed by atoms with Crippen molar-refractivity contribution in [3.8, 4) is 0 Å². The summed E-state index contributed by atoms with van der Waals surface area (Å²) in [7, 11) is 0. The lowest BCUT2D eigenvalue weighted by molar-refractivity contribution is -0.0615. The Kier molecular flexibility index (Phi) is 4.60. The van der Waals surface area contributed by atoms with Gasteiger partial charge >= 0.3 is 0 Å². The van der Waals surface area contributed by atoms with Crippen LogP contribution in [0.3, 0.4) is 0 Å². The molecule has 6 nitrogen and oxygen atoms in total. The molecule has 4 rings (SSSR count). The minimum atomic E-state index is 0.0979. The molecule has 2 fully saturated rings. The van der Waals surface area contributed by atoms with Crippen LogP contribution in [0.15, 0.2) is 35.1 Å². The van der Waals surface area contributed by atoms with Crippen LogP contribution in [-0.2, 0) is 22.6 Å². The average molecular weight is 329 g/mol. The van der Waals surface area contributed by atoms with Crippen LogP contribution < -0.4 is 0 Å². The van der Waals surface area contributed by atoms with Crippen LogP contribution in [0.25, 0.3) is 0 Å². The van der Waals surface area contributed by atoms with Gasteiger partial charge in [-0.2, -0.15) is 0 Å². The van der Waals surface area contributed by atoms with E-state index in [1.54, 1.807) is 6.20 Å². The predicted molar refractivity (Wildman–Crippen MR) is 87.2 cm³/mol. The number of aryl methyl sites for hydroxylation is 1. The van der Waals surface area contributed by atoms with Gasteiger partial charge in [-0.15, -0.1) is 0 Å². The number of nitrogens with zero attached hydrogens (tertiary/aromatic N) is 3. The Balaban J connectivity index is 1.45. The molecule has 1 aliphatic carbocycles. The van der Waals surface area contributed by atoms with Gasteiger partial charge in [-0.25, -0.2) is 0 Å². The van der Waals surface area contributed by atoms with E-state index in [1.165, 1.54) is 0 Å². The number of aromatic nitrogens is 2. The minimum absolute atomic E-state index is 0.0979. The molecule has 6 heteroatoms. The Bertz CT molecular complexity index is 661. The first-order valence-electron chi connectivity index (χ1n) is 8.58. The Morgan fingerprint density at radius 1 is 1.38 bits per heavy atom. The summed E-state index contributed by atoms with van der Waals surface area (Å²) in [6.07, 6.45) is 6.07. The Morgan fingerprint density at radius 3 is 3.12 bits per heavy atom. The number of hydrogen-bond acceptors (Lipinski definition) is 6. The quantitative estimate of drug-likeness (QED) is 0.839. The fourth-order valence-electron chi connectivity index (χ4n) is 3.76. The van der Waals surface area contributed by atoms with Gasteiger partial charge in [0.25, 0.3) is 0 Å². The molecule has 2 aromatic rings. The molecule has 0 spiro atoms. The predicted octanol–water partition coefficient (Wildman–Crippen LogP) is 2.33. The molecule has 2 bridgehead atoms. The van der Waals surface area contributed by atoms with E-state index in [-0.39, 0.29) is 12.2 Å². The van der Waals surface area contributed by atoms with Crippen molar-refractivity contribution in [1.29, 1.82) is 0 Å². The Hall–Kier alpha value is -1.76. The van der Waals surface area contributed by atoms with E-state index in [2.05, 4.69) is 15.0 Å². The minimum Gasteiger partial charge on any atom is -0.374 e. The molecule has 2 aliphatic rings. The highest BCUT2D eigenvalue weighted by Gasteiger charge is 2.43. The lowest BCUT2D eigenvalue weighted by Gasteiger charge is -2.30. The van der Waals surface area contributed by atoms with Crippen LogP contribution in [0, 0.1) is 6.92 Å². The average Bonchev–Trinajstić information content (AvgIpc) is 3.13. The van der Waals surface area contributed by atoms with Gasteiger partial charge in [0, 0.05) is 37.6 Å². The molecule has 3 heterocycles. The monoisotopic (exact) mass is 329 g/mol.